The molecule has 1 atom stereocenters. The van der Waals surface area contributed by atoms with Gasteiger partial charge >= 0.3 is 12.0 Å². The second kappa shape index (κ2) is 8.94. The van der Waals surface area contributed by atoms with Gasteiger partial charge in [-0.15, -0.1) is 0 Å². The maximum atomic E-state index is 12.3. The summed E-state index contributed by atoms with van der Waals surface area (Å²) in [6.07, 6.45) is 1.54. The Morgan fingerprint density at radius 2 is 2.00 bits per heavy atom. The number of rotatable bonds is 5. The maximum Gasteiger partial charge on any atom is 0.320 e. The van der Waals surface area contributed by atoms with E-state index in [0.29, 0.717) is 25.4 Å². The van der Waals surface area contributed by atoms with Crippen LogP contribution in [0.4, 0.5) is 4.79 Å². The maximum absolute atomic E-state index is 12.3. The number of benzene rings is 1. The highest BCUT2D eigenvalue weighted by atomic mass is 35.5. The number of nitrogens with zero attached hydrogens (tertiary/aromatic N) is 1. The minimum atomic E-state index is -0.248. The zero-order valence-corrected chi connectivity index (χ0v) is 15.7. The SMILES string of the molecule is CCOC(=O)C1CCCN(C(=O)NCOc2cc(C)c(Cl)c(C)c2)C1. The minimum Gasteiger partial charge on any atom is -0.473 e. The van der Waals surface area contributed by atoms with Crippen LogP contribution in [0, 0.1) is 19.8 Å². The topological polar surface area (TPSA) is 67.9 Å². The van der Waals surface area contributed by atoms with Gasteiger partial charge in [-0.2, -0.15) is 0 Å². The van der Waals surface area contributed by atoms with Gasteiger partial charge in [-0.05, 0) is 56.9 Å². The van der Waals surface area contributed by atoms with Gasteiger partial charge in [-0.3, -0.25) is 4.79 Å². The molecule has 138 valence electrons. The summed E-state index contributed by atoms with van der Waals surface area (Å²) in [6, 6.07) is 3.43. The number of hydrogen-bond donors (Lipinski definition) is 1. The monoisotopic (exact) mass is 368 g/mol. The van der Waals surface area contributed by atoms with Crippen molar-refractivity contribution in [2.75, 3.05) is 26.4 Å². The molecule has 1 N–H and O–H groups in total. The number of hydrogen-bond acceptors (Lipinski definition) is 4. The number of piperidine rings is 1. The van der Waals surface area contributed by atoms with Gasteiger partial charge < -0.3 is 19.7 Å². The molecule has 1 aliphatic rings. The average Bonchev–Trinajstić information content (AvgIpc) is 2.59. The summed E-state index contributed by atoms with van der Waals surface area (Å²) in [5, 5.41) is 3.44. The standard InChI is InChI=1S/C18H25ClN2O4/c1-4-24-17(22)14-6-5-7-21(10-14)18(23)20-11-25-15-8-12(2)16(19)13(3)9-15/h8-9,14H,4-7,10-11H2,1-3H3,(H,20,23). The zero-order valence-electron chi connectivity index (χ0n) is 14.9. The predicted molar refractivity (Wildman–Crippen MR) is 95.9 cm³/mol. The van der Waals surface area contributed by atoms with Crippen LogP contribution in [-0.4, -0.2) is 43.3 Å². The number of urea groups is 1. The first-order valence-corrected chi connectivity index (χ1v) is 8.89. The molecule has 1 aliphatic heterocycles. The molecule has 1 aromatic rings. The quantitative estimate of drug-likeness (QED) is 0.639. The molecule has 0 aromatic heterocycles. The van der Waals surface area contributed by atoms with Crippen molar-refractivity contribution in [3.05, 3.63) is 28.3 Å². The Hall–Kier alpha value is -1.95. The molecule has 0 spiro atoms. The van der Waals surface area contributed by atoms with Crippen molar-refractivity contribution >= 4 is 23.6 Å². The number of aryl methyl sites for hydroxylation is 2. The highest BCUT2D eigenvalue weighted by molar-refractivity contribution is 6.32. The van der Waals surface area contributed by atoms with Crippen LogP contribution in [0.25, 0.3) is 0 Å². The van der Waals surface area contributed by atoms with E-state index in [0.717, 1.165) is 29.0 Å². The fourth-order valence-corrected chi connectivity index (χ4v) is 3.01. The van der Waals surface area contributed by atoms with Crippen LogP contribution >= 0.6 is 11.6 Å². The van der Waals surface area contributed by atoms with Crippen molar-refractivity contribution in [2.24, 2.45) is 5.92 Å². The van der Waals surface area contributed by atoms with Crippen LogP contribution in [0.2, 0.25) is 5.02 Å². The molecule has 6 nitrogen and oxygen atoms in total. The summed E-state index contributed by atoms with van der Waals surface area (Å²) in [4.78, 5) is 25.7. The summed E-state index contributed by atoms with van der Waals surface area (Å²) in [6.45, 7) is 7.01. The molecule has 0 saturated carbocycles. The van der Waals surface area contributed by atoms with Gasteiger partial charge in [0.05, 0.1) is 12.5 Å². The van der Waals surface area contributed by atoms with Crippen LogP contribution in [0.15, 0.2) is 12.1 Å². The molecular formula is C18H25ClN2O4. The summed E-state index contributed by atoms with van der Waals surface area (Å²) < 4.78 is 10.6. The van der Waals surface area contributed by atoms with E-state index in [9.17, 15) is 9.59 Å². The highest BCUT2D eigenvalue weighted by Crippen LogP contribution is 2.25. The zero-order chi connectivity index (χ0) is 18.4. The molecule has 0 aliphatic carbocycles. The lowest BCUT2D eigenvalue weighted by Crippen LogP contribution is -2.48. The third kappa shape index (κ3) is 5.26. The molecule has 0 radical (unpaired) electrons. The van der Waals surface area contributed by atoms with Crippen molar-refractivity contribution < 1.29 is 19.1 Å². The number of esters is 1. The number of amides is 2. The van der Waals surface area contributed by atoms with E-state index in [2.05, 4.69) is 5.32 Å². The smallest absolute Gasteiger partial charge is 0.320 e. The summed E-state index contributed by atoms with van der Waals surface area (Å²) >= 11 is 6.13. The lowest BCUT2D eigenvalue weighted by molar-refractivity contribution is -0.149. The second-order valence-corrected chi connectivity index (χ2v) is 6.56. The van der Waals surface area contributed by atoms with Gasteiger partial charge in [-0.1, -0.05) is 11.6 Å². The number of carbonyl (C=O) groups excluding carboxylic acids is 2. The van der Waals surface area contributed by atoms with Crippen LogP contribution in [0.1, 0.15) is 30.9 Å². The second-order valence-electron chi connectivity index (χ2n) is 6.18. The lowest BCUT2D eigenvalue weighted by Gasteiger charge is -2.31. The molecule has 1 heterocycles. The highest BCUT2D eigenvalue weighted by Gasteiger charge is 2.29. The van der Waals surface area contributed by atoms with Crippen LogP contribution in [0.3, 0.4) is 0 Å². The molecule has 1 fully saturated rings. The van der Waals surface area contributed by atoms with Crippen molar-refractivity contribution in [1.29, 1.82) is 0 Å². The third-order valence-corrected chi connectivity index (χ3v) is 4.80. The van der Waals surface area contributed by atoms with E-state index in [1.54, 1.807) is 11.8 Å². The van der Waals surface area contributed by atoms with Gasteiger partial charge in [0.15, 0.2) is 6.73 Å². The molecule has 1 aromatic carbocycles. The van der Waals surface area contributed by atoms with Crippen molar-refractivity contribution in [3.63, 3.8) is 0 Å². The normalized spacial score (nSPS) is 17.1. The van der Waals surface area contributed by atoms with Gasteiger partial charge in [0, 0.05) is 18.1 Å². The van der Waals surface area contributed by atoms with Gasteiger partial charge in [0.2, 0.25) is 0 Å². The predicted octanol–water partition coefficient (Wildman–Crippen LogP) is 3.28. The molecular weight excluding hydrogens is 344 g/mol. The van der Waals surface area contributed by atoms with Crippen LogP contribution < -0.4 is 10.1 Å². The number of halogens is 1. The van der Waals surface area contributed by atoms with E-state index in [1.165, 1.54) is 0 Å². The number of ether oxygens (including phenoxy) is 2. The Bertz CT molecular complexity index is 612. The first-order valence-electron chi connectivity index (χ1n) is 8.51. The average molecular weight is 369 g/mol. The fraction of sp³-hybridized carbons (Fsp3) is 0.556. The first-order chi connectivity index (χ1) is 11.9. The van der Waals surface area contributed by atoms with Crippen molar-refractivity contribution in [1.82, 2.24) is 10.2 Å². The van der Waals surface area contributed by atoms with E-state index in [1.807, 2.05) is 26.0 Å². The minimum absolute atomic E-state index is 0.0555. The number of nitrogens with one attached hydrogen (secondary N) is 1. The first kappa shape index (κ1) is 19.4. The largest absolute Gasteiger partial charge is 0.473 e. The number of likely N-dealkylation sites (tertiary alicyclic amines) is 1. The summed E-state index contributed by atoms with van der Waals surface area (Å²) in [5.74, 6) is 0.174. The van der Waals surface area contributed by atoms with E-state index >= 15 is 0 Å². The van der Waals surface area contributed by atoms with Crippen molar-refractivity contribution in [3.8, 4) is 5.75 Å². The van der Waals surface area contributed by atoms with Gasteiger partial charge in [0.25, 0.3) is 0 Å². The molecule has 2 rings (SSSR count). The van der Waals surface area contributed by atoms with Crippen LogP contribution in [0.5, 0.6) is 5.75 Å². The molecule has 1 unspecified atom stereocenters. The van der Waals surface area contributed by atoms with E-state index in [4.69, 9.17) is 21.1 Å². The molecule has 0 bridgehead atoms. The Labute approximate surface area is 153 Å². The third-order valence-electron chi connectivity index (χ3n) is 4.20. The summed E-state index contributed by atoms with van der Waals surface area (Å²) in [7, 11) is 0. The Balaban J connectivity index is 1.83. The summed E-state index contributed by atoms with van der Waals surface area (Å²) in [5.41, 5.74) is 1.85. The fourth-order valence-electron chi connectivity index (χ4n) is 2.90. The molecule has 7 heteroatoms. The lowest BCUT2D eigenvalue weighted by atomic mass is 9.98. The molecule has 2 amide bonds. The Morgan fingerprint density at radius 3 is 2.64 bits per heavy atom. The van der Waals surface area contributed by atoms with Gasteiger partial charge in [0.1, 0.15) is 5.75 Å². The Kier molecular flexibility index (Phi) is 6.93. The number of carbonyl (C=O) groups is 2. The molecule has 1 saturated heterocycles. The van der Waals surface area contributed by atoms with E-state index in [-0.39, 0.29) is 24.6 Å². The Morgan fingerprint density at radius 1 is 1.32 bits per heavy atom. The van der Waals surface area contributed by atoms with Gasteiger partial charge in [-0.25, -0.2) is 4.79 Å². The van der Waals surface area contributed by atoms with Crippen molar-refractivity contribution in [2.45, 2.75) is 33.6 Å². The van der Waals surface area contributed by atoms with Crippen LogP contribution in [-0.2, 0) is 9.53 Å². The molecule has 25 heavy (non-hydrogen) atoms. The van der Waals surface area contributed by atoms with E-state index < -0.39 is 0 Å².